The zero-order valence-corrected chi connectivity index (χ0v) is 15.8. The molecule has 0 aromatic carbocycles. The van der Waals surface area contributed by atoms with Gasteiger partial charge < -0.3 is 9.64 Å². The van der Waals surface area contributed by atoms with Gasteiger partial charge in [-0.05, 0) is 25.3 Å². The molecule has 0 spiro atoms. The highest BCUT2D eigenvalue weighted by atomic mass is 16.5. The van der Waals surface area contributed by atoms with E-state index in [1.807, 2.05) is 12.3 Å². The number of anilines is 1. The first-order chi connectivity index (χ1) is 14.3. The van der Waals surface area contributed by atoms with Crippen LogP contribution in [0.3, 0.4) is 0 Å². The summed E-state index contributed by atoms with van der Waals surface area (Å²) in [7, 11) is 0. The minimum Gasteiger partial charge on any atom is -0.476 e. The molecule has 3 aromatic heterocycles. The standard InChI is InChI=1S/C20H20N8O/c21-8-16-9-24-19(15-2-3-15)26-20(16)29-13-14-4-7-27(12-14)17-10-23-18(11-22-17)28-6-1-5-25-28/h1,5-6,9-11,14-15H,2-4,7,12-13H2/t14-/m0/s1. The van der Waals surface area contributed by atoms with E-state index in [0.29, 0.717) is 35.7 Å². The molecule has 1 aliphatic heterocycles. The largest absolute Gasteiger partial charge is 0.476 e. The van der Waals surface area contributed by atoms with Gasteiger partial charge in [0.15, 0.2) is 5.82 Å². The van der Waals surface area contributed by atoms with Gasteiger partial charge in [-0.25, -0.2) is 19.6 Å². The lowest BCUT2D eigenvalue weighted by atomic mass is 10.1. The molecular weight excluding hydrogens is 368 g/mol. The average molecular weight is 388 g/mol. The Bertz CT molecular complexity index is 1020. The van der Waals surface area contributed by atoms with E-state index in [1.54, 1.807) is 29.5 Å². The maximum Gasteiger partial charge on any atom is 0.235 e. The second-order valence-electron chi connectivity index (χ2n) is 7.43. The fourth-order valence-corrected chi connectivity index (χ4v) is 3.48. The Kier molecular flexibility index (Phi) is 4.52. The number of hydrogen-bond donors (Lipinski definition) is 0. The lowest BCUT2D eigenvalue weighted by Crippen LogP contribution is -2.23. The van der Waals surface area contributed by atoms with Crippen LogP contribution in [0.2, 0.25) is 0 Å². The first kappa shape index (κ1) is 17.6. The van der Waals surface area contributed by atoms with E-state index in [1.165, 1.54) is 0 Å². The maximum atomic E-state index is 9.30. The SMILES string of the molecule is N#Cc1cnc(C2CC2)nc1OC[C@H]1CCN(c2cnc(-n3cccn3)cn2)C1. The van der Waals surface area contributed by atoms with E-state index in [4.69, 9.17) is 4.74 Å². The van der Waals surface area contributed by atoms with Crippen molar-refractivity contribution in [2.75, 3.05) is 24.6 Å². The van der Waals surface area contributed by atoms with Gasteiger partial charge >= 0.3 is 0 Å². The van der Waals surface area contributed by atoms with E-state index >= 15 is 0 Å². The van der Waals surface area contributed by atoms with Crippen molar-refractivity contribution >= 4 is 5.82 Å². The molecule has 2 fully saturated rings. The molecule has 1 aliphatic carbocycles. The second kappa shape index (κ2) is 7.47. The average Bonchev–Trinajstić information content (AvgIpc) is 3.26. The predicted molar refractivity (Wildman–Crippen MR) is 104 cm³/mol. The zero-order chi connectivity index (χ0) is 19.6. The summed E-state index contributed by atoms with van der Waals surface area (Å²) in [6.45, 7) is 2.25. The van der Waals surface area contributed by atoms with Crippen LogP contribution in [0.4, 0.5) is 5.82 Å². The lowest BCUT2D eigenvalue weighted by molar-refractivity contribution is 0.250. The summed E-state index contributed by atoms with van der Waals surface area (Å²) in [5.41, 5.74) is 0.393. The minimum atomic E-state index is 0.341. The summed E-state index contributed by atoms with van der Waals surface area (Å²) in [5, 5.41) is 13.5. The fraction of sp³-hybridized carbons (Fsp3) is 0.400. The summed E-state index contributed by atoms with van der Waals surface area (Å²) in [4.78, 5) is 20.0. The van der Waals surface area contributed by atoms with Crippen LogP contribution in [0.25, 0.3) is 5.82 Å². The van der Waals surface area contributed by atoms with Crippen LogP contribution >= 0.6 is 0 Å². The van der Waals surface area contributed by atoms with Crippen LogP contribution in [0.1, 0.15) is 36.6 Å². The minimum absolute atomic E-state index is 0.341. The third-order valence-corrected chi connectivity index (χ3v) is 5.26. The van der Waals surface area contributed by atoms with Crippen molar-refractivity contribution in [3.8, 4) is 17.8 Å². The Morgan fingerprint density at radius 1 is 1.10 bits per heavy atom. The molecule has 4 heterocycles. The topological polar surface area (TPSA) is 106 Å². The highest BCUT2D eigenvalue weighted by Gasteiger charge is 2.28. The molecule has 1 saturated heterocycles. The molecule has 0 radical (unpaired) electrons. The molecule has 146 valence electrons. The molecule has 1 saturated carbocycles. The first-order valence-corrected chi connectivity index (χ1v) is 9.77. The van der Waals surface area contributed by atoms with Crippen molar-refractivity contribution in [2.24, 2.45) is 5.92 Å². The molecule has 9 heteroatoms. The van der Waals surface area contributed by atoms with E-state index in [9.17, 15) is 5.26 Å². The number of aromatic nitrogens is 6. The lowest BCUT2D eigenvalue weighted by Gasteiger charge is -2.17. The molecule has 3 aromatic rings. The second-order valence-corrected chi connectivity index (χ2v) is 7.43. The first-order valence-electron chi connectivity index (χ1n) is 9.77. The Morgan fingerprint density at radius 3 is 2.69 bits per heavy atom. The van der Waals surface area contributed by atoms with Crippen LogP contribution in [0.15, 0.2) is 37.1 Å². The number of ether oxygens (including phenoxy) is 1. The van der Waals surface area contributed by atoms with Gasteiger partial charge in [-0.3, -0.25) is 0 Å². The Balaban J connectivity index is 1.21. The molecule has 0 bridgehead atoms. The van der Waals surface area contributed by atoms with Crippen molar-refractivity contribution in [1.29, 1.82) is 5.26 Å². The van der Waals surface area contributed by atoms with Crippen LogP contribution in [0.5, 0.6) is 5.88 Å². The van der Waals surface area contributed by atoms with Gasteiger partial charge in [-0.15, -0.1) is 0 Å². The number of rotatable bonds is 6. The van der Waals surface area contributed by atoms with Gasteiger partial charge in [-0.2, -0.15) is 15.3 Å². The number of nitriles is 1. The van der Waals surface area contributed by atoms with E-state index < -0.39 is 0 Å². The van der Waals surface area contributed by atoms with Gasteiger partial charge in [0.25, 0.3) is 0 Å². The van der Waals surface area contributed by atoms with Crippen LogP contribution < -0.4 is 9.64 Å². The third kappa shape index (κ3) is 3.74. The van der Waals surface area contributed by atoms with Crippen LogP contribution in [0, 0.1) is 17.2 Å². The van der Waals surface area contributed by atoms with E-state index in [0.717, 1.165) is 44.0 Å². The van der Waals surface area contributed by atoms with Crippen molar-refractivity contribution in [3.63, 3.8) is 0 Å². The Morgan fingerprint density at radius 2 is 1.97 bits per heavy atom. The zero-order valence-electron chi connectivity index (χ0n) is 15.8. The van der Waals surface area contributed by atoms with Crippen molar-refractivity contribution in [1.82, 2.24) is 29.7 Å². The highest BCUT2D eigenvalue weighted by Crippen LogP contribution is 2.38. The maximum absolute atomic E-state index is 9.30. The Labute approximate surface area is 168 Å². The van der Waals surface area contributed by atoms with Gasteiger partial charge in [0.05, 0.1) is 25.2 Å². The molecule has 1 atom stereocenters. The van der Waals surface area contributed by atoms with Gasteiger partial charge in [-0.1, -0.05) is 0 Å². The molecule has 29 heavy (non-hydrogen) atoms. The predicted octanol–water partition coefficient (Wildman–Crippen LogP) is 2.11. The van der Waals surface area contributed by atoms with Crippen molar-refractivity contribution in [2.45, 2.75) is 25.2 Å². The monoisotopic (exact) mass is 388 g/mol. The van der Waals surface area contributed by atoms with Crippen LogP contribution in [-0.4, -0.2) is 49.4 Å². The summed E-state index contributed by atoms with van der Waals surface area (Å²) in [6, 6.07) is 3.97. The molecule has 5 rings (SSSR count). The van der Waals surface area contributed by atoms with Gasteiger partial charge in [0.2, 0.25) is 5.88 Å². The fourth-order valence-electron chi connectivity index (χ4n) is 3.48. The van der Waals surface area contributed by atoms with E-state index in [2.05, 4.69) is 36.0 Å². The summed E-state index contributed by atoms with van der Waals surface area (Å²) >= 11 is 0. The summed E-state index contributed by atoms with van der Waals surface area (Å²) < 4.78 is 7.62. The van der Waals surface area contributed by atoms with Crippen molar-refractivity contribution in [3.05, 3.63) is 48.4 Å². The summed E-state index contributed by atoms with van der Waals surface area (Å²) in [6.07, 6.45) is 11.9. The van der Waals surface area contributed by atoms with Crippen LogP contribution in [-0.2, 0) is 0 Å². The molecule has 0 N–H and O–H groups in total. The van der Waals surface area contributed by atoms with Crippen molar-refractivity contribution < 1.29 is 4.74 Å². The summed E-state index contributed by atoms with van der Waals surface area (Å²) in [5.74, 6) is 3.51. The normalized spacial score (nSPS) is 18.6. The number of nitrogens with zero attached hydrogens (tertiary/aromatic N) is 8. The number of hydrogen-bond acceptors (Lipinski definition) is 8. The van der Waals surface area contributed by atoms with Gasteiger partial charge in [0, 0.05) is 37.3 Å². The quantitative estimate of drug-likeness (QED) is 0.632. The van der Waals surface area contributed by atoms with E-state index in [-0.39, 0.29) is 0 Å². The molecule has 0 unspecified atom stereocenters. The highest BCUT2D eigenvalue weighted by molar-refractivity contribution is 5.39. The molecule has 0 amide bonds. The third-order valence-electron chi connectivity index (χ3n) is 5.26. The molecular formula is C20H20N8O. The molecule has 9 nitrogen and oxygen atoms in total. The smallest absolute Gasteiger partial charge is 0.235 e. The molecule has 2 aliphatic rings. The Hall–Kier alpha value is -3.54. The van der Waals surface area contributed by atoms with Gasteiger partial charge in [0.1, 0.15) is 23.3 Å².